The van der Waals surface area contributed by atoms with Crippen LogP contribution in [-0.2, 0) is 20.8 Å². The molecule has 1 aliphatic carbocycles. The average Bonchev–Trinajstić information content (AvgIpc) is 3.39. The van der Waals surface area contributed by atoms with Crippen molar-refractivity contribution < 1.29 is 19.1 Å². The lowest BCUT2D eigenvalue weighted by atomic mass is 9.95. The molecule has 202 valence electrons. The number of hydrogen-bond acceptors (Lipinski definition) is 5. The fourth-order valence-corrected chi connectivity index (χ4v) is 5.15. The molecule has 8 nitrogen and oxygen atoms in total. The molecule has 0 bridgehead atoms. The highest BCUT2D eigenvalue weighted by atomic mass is 35.5. The largest absolute Gasteiger partial charge is 0.492 e. The van der Waals surface area contributed by atoms with E-state index in [2.05, 4.69) is 21.3 Å². The number of nitrogens with one attached hydrogen (secondary N) is 4. The van der Waals surface area contributed by atoms with Crippen LogP contribution in [0.2, 0.25) is 5.02 Å². The quantitative estimate of drug-likeness (QED) is 0.470. The van der Waals surface area contributed by atoms with E-state index in [0.717, 1.165) is 29.7 Å². The van der Waals surface area contributed by atoms with Crippen LogP contribution < -0.4 is 26.0 Å². The van der Waals surface area contributed by atoms with Crippen molar-refractivity contribution >= 4 is 35.4 Å². The Morgan fingerprint density at radius 1 is 1.00 bits per heavy atom. The molecule has 0 radical (unpaired) electrons. The van der Waals surface area contributed by atoms with Crippen molar-refractivity contribution in [2.75, 3.05) is 19.7 Å². The van der Waals surface area contributed by atoms with Crippen molar-refractivity contribution in [1.29, 1.82) is 0 Å². The van der Waals surface area contributed by atoms with Gasteiger partial charge in [-0.15, -0.1) is 0 Å². The van der Waals surface area contributed by atoms with Crippen LogP contribution in [-0.4, -0.2) is 55.0 Å². The Labute approximate surface area is 228 Å². The maximum atomic E-state index is 13.4. The van der Waals surface area contributed by atoms with Gasteiger partial charge in [0.2, 0.25) is 17.7 Å². The summed E-state index contributed by atoms with van der Waals surface area (Å²) in [6, 6.07) is 13.2. The first-order valence-corrected chi connectivity index (χ1v) is 13.5. The van der Waals surface area contributed by atoms with E-state index in [4.69, 9.17) is 16.3 Å². The van der Waals surface area contributed by atoms with E-state index in [1.165, 1.54) is 0 Å². The fraction of sp³-hybridized carbons (Fsp3) is 0.414. The molecule has 0 saturated heterocycles. The van der Waals surface area contributed by atoms with Crippen LogP contribution in [0.5, 0.6) is 5.75 Å². The van der Waals surface area contributed by atoms with E-state index in [1.807, 2.05) is 42.5 Å². The summed E-state index contributed by atoms with van der Waals surface area (Å²) in [5, 5.41) is 12.5. The monoisotopic (exact) mass is 538 g/mol. The molecule has 4 rings (SSSR count). The molecule has 4 N–H and O–H groups in total. The number of rotatable bonds is 2. The first-order chi connectivity index (χ1) is 18.4. The second kappa shape index (κ2) is 12.9. The Hall–Kier alpha value is -3.36. The van der Waals surface area contributed by atoms with Gasteiger partial charge < -0.3 is 20.7 Å². The van der Waals surface area contributed by atoms with E-state index in [1.54, 1.807) is 25.1 Å². The molecule has 0 unspecified atom stereocenters. The molecule has 1 aliphatic heterocycles. The molecule has 1 spiro atoms. The molecule has 9 heteroatoms. The van der Waals surface area contributed by atoms with E-state index in [9.17, 15) is 14.4 Å². The molecule has 38 heavy (non-hydrogen) atoms. The molecule has 1 saturated carbocycles. The van der Waals surface area contributed by atoms with Crippen molar-refractivity contribution in [2.45, 2.75) is 56.7 Å². The number of benzene rings is 2. The molecule has 3 amide bonds. The Morgan fingerprint density at radius 3 is 2.58 bits per heavy atom. The van der Waals surface area contributed by atoms with Gasteiger partial charge in [-0.1, -0.05) is 66.9 Å². The summed E-state index contributed by atoms with van der Waals surface area (Å²) >= 11 is 6.14. The molecular formula is C29H35ClN4O4. The normalized spacial score (nSPS) is 23.7. The number of hydrogen-bond donors (Lipinski definition) is 4. The second-order valence-corrected chi connectivity index (χ2v) is 10.3. The van der Waals surface area contributed by atoms with Gasteiger partial charge in [0.1, 0.15) is 24.4 Å². The second-order valence-electron chi connectivity index (χ2n) is 9.84. The standard InChI is InChI=1S/C29H35ClN4O4/c1-20-26(35)34-24(19-21-8-6-11-23(30)18-21)27(36)31-15-7-10-22-9-2-3-12-25(22)38-17-16-32-29(28(37)33-20)13-4-5-14-29/h2-3,6-12,18,20,24,32H,4-5,13-17,19H2,1H3,(H,31,36)(H,33,37)(H,34,35)/b10-7+/t20-,24-/m1/s1. The molecule has 1 fully saturated rings. The molecule has 2 aromatic rings. The van der Waals surface area contributed by atoms with E-state index >= 15 is 0 Å². The minimum atomic E-state index is -0.846. The maximum Gasteiger partial charge on any atom is 0.243 e. The van der Waals surface area contributed by atoms with E-state index < -0.39 is 23.5 Å². The average molecular weight is 539 g/mol. The molecule has 1 heterocycles. The number of amides is 3. The topological polar surface area (TPSA) is 109 Å². The van der Waals surface area contributed by atoms with E-state index in [-0.39, 0.29) is 24.8 Å². The number of halogens is 1. The van der Waals surface area contributed by atoms with Crippen molar-refractivity contribution in [3.05, 3.63) is 70.8 Å². The Morgan fingerprint density at radius 2 is 1.79 bits per heavy atom. The van der Waals surface area contributed by atoms with Gasteiger partial charge in [0.25, 0.3) is 0 Å². The smallest absolute Gasteiger partial charge is 0.243 e. The van der Waals surface area contributed by atoms with Crippen molar-refractivity contribution in [1.82, 2.24) is 21.3 Å². The molecule has 2 atom stereocenters. The lowest BCUT2D eigenvalue weighted by Crippen LogP contribution is -2.60. The van der Waals surface area contributed by atoms with Crippen LogP contribution >= 0.6 is 11.6 Å². The third kappa shape index (κ3) is 7.14. The summed E-state index contributed by atoms with van der Waals surface area (Å²) in [4.78, 5) is 39.6. The summed E-state index contributed by atoms with van der Waals surface area (Å²) in [7, 11) is 0. The van der Waals surface area contributed by atoms with Gasteiger partial charge in [-0.05, 0) is 43.5 Å². The Kier molecular flexibility index (Phi) is 9.42. The molecule has 2 aromatic carbocycles. The predicted octanol–water partition coefficient (Wildman–Crippen LogP) is 3.00. The van der Waals surface area contributed by atoms with Crippen LogP contribution in [0.3, 0.4) is 0 Å². The van der Waals surface area contributed by atoms with Gasteiger partial charge in [-0.2, -0.15) is 0 Å². The Balaban J connectivity index is 1.58. The first kappa shape index (κ1) is 27.7. The highest BCUT2D eigenvalue weighted by Gasteiger charge is 2.41. The number of fused-ring (bicyclic) bond motifs is 1. The molecule has 2 aliphatic rings. The van der Waals surface area contributed by atoms with Gasteiger partial charge in [-0.25, -0.2) is 0 Å². The number of carbonyl (C=O) groups excluding carboxylic acids is 3. The van der Waals surface area contributed by atoms with Gasteiger partial charge in [0, 0.05) is 30.1 Å². The first-order valence-electron chi connectivity index (χ1n) is 13.1. The number of para-hydroxylation sites is 1. The third-order valence-electron chi connectivity index (χ3n) is 7.03. The van der Waals surface area contributed by atoms with Crippen molar-refractivity contribution in [3.8, 4) is 5.75 Å². The predicted molar refractivity (Wildman–Crippen MR) is 148 cm³/mol. The number of ether oxygens (including phenoxy) is 1. The van der Waals surface area contributed by atoms with Crippen molar-refractivity contribution in [2.24, 2.45) is 0 Å². The maximum absolute atomic E-state index is 13.4. The highest BCUT2D eigenvalue weighted by molar-refractivity contribution is 6.30. The van der Waals surface area contributed by atoms with Gasteiger partial charge >= 0.3 is 0 Å². The van der Waals surface area contributed by atoms with Crippen molar-refractivity contribution in [3.63, 3.8) is 0 Å². The summed E-state index contributed by atoms with van der Waals surface area (Å²) in [6.45, 7) is 2.78. The van der Waals surface area contributed by atoms with Gasteiger partial charge in [0.15, 0.2) is 0 Å². The zero-order chi connectivity index (χ0) is 27.0. The molecule has 0 aromatic heterocycles. The fourth-order valence-electron chi connectivity index (χ4n) is 4.94. The minimum absolute atomic E-state index is 0.210. The summed E-state index contributed by atoms with van der Waals surface area (Å²) in [6.07, 6.45) is 7.22. The third-order valence-corrected chi connectivity index (χ3v) is 7.26. The van der Waals surface area contributed by atoms with Crippen LogP contribution in [0, 0.1) is 0 Å². The molecular weight excluding hydrogens is 504 g/mol. The van der Waals surface area contributed by atoms with Crippen LogP contribution in [0.15, 0.2) is 54.6 Å². The minimum Gasteiger partial charge on any atom is -0.492 e. The summed E-state index contributed by atoms with van der Waals surface area (Å²) in [5.41, 5.74) is 0.946. The zero-order valence-electron chi connectivity index (χ0n) is 21.6. The summed E-state index contributed by atoms with van der Waals surface area (Å²) < 4.78 is 6.02. The van der Waals surface area contributed by atoms with Gasteiger partial charge in [-0.3, -0.25) is 19.7 Å². The Bertz CT molecular complexity index is 1180. The SMILES string of the molecule is C[C@H]1NC(=O)C2(CCCC2)NCCOc2ccccc2/C=C/CNC(=O)[C@@H](Cc2cccc(Cl)c2)NC1=O. The lowest BCUT2D eigenvalue weighted by molar-refractivity contribution is -0.134. The zero-order valence-corrected chi connectivity index (χ0v) is 22.4. The van der Waals surface area contributed by atoms with Gasteiger partial charge in [0.05, 0.1) is 5.54 Å². The number of carbonyl (C=O) groups is 3. The van der Waals surface area contributed by atoms with E-state index in [0.29, 0.717) is 31.0 Å². The van der Waals surface area contributed by atoms with Crippen LogP contribution in [0.4, 0.5) is 0 Å². The highest BCUT2D eigenvalue weighted by Crippen LogP contribution is 2.30. The van der Waals surface area contributed by atoms with Crippen LogP contribution in [0.1, 0.15) is 43.7 Å². The lowest BCUT2D eigenvalue weighted by Gasteiger charge is -2.31. The summed E-state index contributed by atoms with van der Waals surface area (Å²) in [5.74, 6) is -0.246. The van der Waals surface area contributed by atoms with Crippen LogP contribution in [0.25, 0.3) is 6.08 Å².